The van der Waals surface area contributed by atoms with Crippen molar-refractivity contribution in [2.75, 3.05) is 19.8 Å². The Balaban J connectivity index is 1.54. The first-order valence-electron chi connectivity index (χ1n) is 11.4. The average molecular weight is 541 g/mol. The third kappa shape index (κ3) is 8.44. The molecule has 0 aromatic heterocycles. The number of aliphatic hydroxyl groups excluding tert-OH is 2. The van der Waals surface area contributed by atoms with E-state index < -0.39 is 42.4 Å². The summed E-state index contributed by atoms with van der Waals surface area (Å²) >= 11 is 5.89. The van der Waals surface area contributed by atoms with E-state index in [1.54, 1.807) is 6.07 Å². The number of hydrogen-bond acceptors (Lipinski definition) is 7. The molecule has 0 saturated heterocycles. The van der Waals surface area contributed by atoms with E-state index in [0.717, 1.165) is 5.06 Å². The first kappa shape index (κ1) is 28.4. The van der Waals surface area contributed by atoms with Gasteiger partial charge in [0.15, 0.2) is 0 Å². The van der Waals surface area contributed by atoms with Crippen molar-refractivity contribution in [3.8, 4) is 0 Å². The number of amidine groups is 1. The number of aliphatic hydroxyl groups is 2. The zero-order valence-electron chi connectivity index (χ0n) is 19.7. The Hall–Kier alpha value is -3.16. The van der Waals surface area contributed by atoms with E-state index in [1.165, 1.54) is 30.3 Å². The molecule has 2 aromatic rings. The molecule has 0 bridgehead atoms. The summed E-state index contributed by atoms with van der Waals surface area (Å²) in [5, 5.41) is 35.2. The SMILES string of the molecule is O=C(CNCc1cccc(F)c1Cl)NC(COC(=O)N=C1Cc2cc(F)ccc2CN1O)CC(O)CO. The van der Waals surface area contributed by atoms with Gasteiger partial charge in [0.05, 0.1) is 36.9 Å². The topological polar surface area (TPSA) is 144 Å². The highest BCUT2D eigenvalue weighted by Crippen LogP contribution is 2.21. The number of carbonyl (C=O) groups is 2. The normalized spacial score (nSPS) is 15.7. The predicted octanol–water partition coefficient (Wildman–Crippen LogP) is 1.92. The fourth-order valence-corrected chi connectivity index (χ4v) is 3.87. The minimum absolute atomic E-state index is 0.00306. The minimum Gasteiger partial charge on any atom is -0.446 e. The number of carbonyl (C=O) groups excluding carboxylic acids is 2. The van der Waals surface area contributed by atoms with Crippen molar-refractivity contribution >= 4 is 29.4 Å². The van der Waals surface area contributed by atoms with Gasteiger partial charge in [0, 0.05) is 13.0 Å². The minimum atomic E-state index is -1.19. The van der Waals surface area contributed by atoms with Crippen LogP contribution in [0.1, 0.15) is 23.1 Å². The van der Waals surface area contributed by atoms with E-state index in [1.807, 2.05) is 0 Å². The van der Waals surface area contributed by atoms with Gasteiger partial charge in [-0.1, -0.05) is 29.8 Å². The van der Waals surface area contributed by atoms with Crippen LogP contribution in [0.3, 0.4) is 0 Å². The van der Waals surface area contributed by atoms with Crippen molar-refractivity contribution in [2.24, 2.45) is 4.99 Å². The number of ether oxygens (including phenoxy) is 1. The number of halogens is 3. The van der Waals surface area contributed by atoms with Crippen molar-refractivity contribution in [3.05, 3.63) is 69.7 Å². The maximum atomic E-state index is 13.5. The number of rotatable bonds is 10. The molecule has 5 N–H and O–H groups in total. The molecule has 37 heavy (non-hydrogen) atoms. The van der Waals surface area contributed by atoms with Crippen molar-refractivity contribution in [3.63, 3.8) is 0 Å². The third-order valence-corrected chi connectivity index (χ3v) is 5.95. The number of hydroxylamine groups is 2. The lowest BCUT2D eigenvalue weighted by Crippen LogP contribution is -2.45. The van der Waals surface area contributed by atoms with Crippen LogP contribution in [-0.2, 0) is 29.0 Å². The van der Waals surface area contributed by atoms with E-state index >= 15 is 0 Å². The second-order valence-electron chi connectivity index (χ2n) is 8.41. The van der Waals surface area contributed by atoms with Crippen LogP contribution in [0.2, 0.25) is 5.02 Å². The van der Waals surface area contributed by atoms with E-state index in [9.17, 15) is 28.7 Å². The standard InChI is InChI=1S/C24H27ClF2N4O6/c25-23-14(2-1-3-20(23)27)9-28-10-22(34)29-18(8-19(33)12-32)13-37-24(35)30-21-7-16-6-17(26)5-4-15(16)11-31(21)36/h1-6,18-19,28,32-33,36H,7-13H2,(H,29,34). The van der Waals surface area contributed by atoms with Crippen LogP contribution in [0.5, 0.6) is 0 Å². The van der Waals surface area contributed by atoms with Gasteiger partial charge >= 0.3 is 6.09 Å². The van der Waals surface area contributed by atoms with Gasteiger partial charge in [0.2, 0.25) is 5.91 Å². The zero-order chi connectivity index (χ0) is 26.9. The van der Waals surface area contributed by atoms with Gasteiger partial charge in [0.1, 0.15) is 24.1 Å². The summed E-state index contributed by atoms with van der Waals surface area (Å²) in [5.41, 5.74) is 1.71. The summed E-state index contributed by atoms with van der Waals surface area (Å²) in [4.78, 5) is 28.3. The number of nitrogens with one attached hydrogen (secondary N) is 2. The molecule has 2 unspecified atom stereocenters. The average Bonchev–Trinajstić information content (AvgIpc) is 2.85. The number of fused-ring (bicyclic) bond motifs is 1. The molecule has 2 amide bonds. The Labute approximate surface area is 216 Å². The maximum absolute atomic E-state index is 13.5. The molecule has 2 aromatic carbocycles. The molecule has 0 radical (unpaired) electrons. The number of benzene rings is 2. The summed E-state index contributed by atoms with van der Waals surface area (Å²) in [6.45, 7) is -1.02. The van der Waals surface area contributed by atoms with Crippen LogP contribution in [0.4, 0.5) is 13.6 Å². The van der Waals surface area contributed by atoms with E-state index in [-0.39, 0.29) is 49.9 Å². The summed E-state index contributed by atoms with van der Waals surface area (Å²) in [7, 11) is 0. The Morgan fingerprint density at radius 1 is 1.22 bits per heavy atom. The van der Waals surface area contributed by atoms with Crippen molar-refractivity contribution in [2.45, 2.75) is 38.1 Å². The maximum Gasteiger partial charge on any atom is 0.435 e. The van der Waals surface area contributed by atoms with Gasteiger partial charge < -0.3 is 25.6 Å². The molecular formula is C24H27ClF2N4O6. The van der Waals surface area contributed by atoms with Crippen LogP contribution >= 0.6 is 11.6 Å². The van der Waals surface area contributed by atoms with Crippen LogP contribution in [0, 0.1) is 11.6 Å². The molecule has 1 heterocycles. The van der Waals surface area contributed by atoms with Crippen molar-refractivity contribution < 1.29 is 38.5 Å². The fraction of sp³-hybridized carbons (Fsp3) is 0.375. The molecule has 1 aliphatic rings. The highest BCUT2D eigenvalue weighted by Gasteiger charge is 2.23. The lowest BCUT2D eigenvalue weighted by molar-refractivity contribution is -0.121. The quantitative estimate of drug-likeness (QED) is 0.307. The van der Waals surface area contributed by atoms with E-state index in [0.29, 0.717) is 16.7 Å². The highest BCUT2D eigenvalue weighted by molar-refractivity contribution is 6.31. The lowest BCUT2D eigenvalue weighted by Gasteiger charge is -2.26. The van der Waals surface area contributed by atoms with Crippen LogP contribution in [0.15, 0.2) is 41.4 Å². The van der Waals surface area contributed by atoms with Crippen LogP contribution in [-0.4, -0.2) is 70.2 Å². The Bertz CT molecular complexity index is 1150. The Morgan fingerprint density at radius 2 is 2.00 bits per heavy atom. The second-order valence-corrected chi connectivity index (χ2v) is 8.78. The van der Waals surface area contributed by atoms with E-state index in [4.69, 9.17) is 21.4 Å². The Kier molecular flexibility index (Phi) is 10.3. The first-order chi connectivity index (χ1) is 17.7. The molecule has 0 spiro atoms. The largest absolute Gasteiger partial charge is 0.446 e. The summed E-state index contributed by atoms with van der Waals surface area (Å²) < 4.78 is 32.1. The summed E-state index contributed by atoms with van der Waals surface area (Å²) in [5.74, 6) is -1.60. The molecule has 1 aliphatic heterocycles. The molecule has 200 valence electrons. The Morgan fingerprint density at radius 3 is 2.76 bits per heavy atom. The second kappa shape index (κ2) is 13.4. The van der Waals surface area contributed by atoms with Crippen LogP contribution < -0.4 is 10.6 Å². The smallest absolute Gasteiger partial charge is 0.435 e. The molecule has 13 heteroatoms. The highest BCUT2D eigenvalue weighted by atomic mass is 35.5. The number of amides is 2. The van der Waals surface area contributed by atoms with Gasteiger partial charge in [-0.15, -0.1) is 0 Å². The fourth-order valence-electron chi connectivity index (χ4n) is 3.68. The van der Waals surface area contributed by atoms with Gasteiger partial charge in [-0.2, -0.15) is 4.99 Å². The molecule has 2 atom stereocenters. The summed E-state index contributed by atoms with van der Waals surface area (Å²) in [6, 6.07) is 7.53. The number of aliphatic imine (C=N–C) groups is 1. The van der Waals surface area contributed by atoms with Crippen LogP contribution in [0.25, 0.3) is 0 Å². The van der Waals surface area contributed by atoms with Gasteiger partial charge in [-0.25, -0.2) is 18.6 Å². The van der Waals surface area contributed by atoms with E-state index in [2.05, 4.69) is 15.6 Å². The van der Waals surface area contributed by atoms with Gasteiger partial charge in [-0.3, -0.25) is 10.0 Å². The molecule has 3 rings (SSSR count). The monoisotopic (exact) mass is 540 g/mol. The molecule has 0 fully saturated rings. The van der Waals surface area contributed by atoms with Crippen molar-refractivity contribution in [1.82, 2.24) is 15.7 Å². The lowest BCUT2D eigenvalue weighted by atomic mass is 10.00. The van der Waals surface area contributed by atoms with Gasteiger partial charge in [0.25, 0.3) is 0 Å². The van der Waals surface area contributed by atoms with Crippen molar-refractivity contribution in [1.29, 1.82) is 0 Å². The molecule has 0 aliphatic carbocycles. The first-order valence-corrected chi connectivity index (χ1v) is 11.7. The zero-order valence-corrected chi connectivity index (χ0v) is 20.4. The number of nitrogens with zero attached hydrogens (tertiary/aromatic N) is 2. The van der Waals surface area contributed by atoms with Gasteiger partial charge in [-0.05, 0) is 41.3 Å². The predicted molar refractivity (Wildman–Crippen MR) is 129 cm³/mol. The molecule has 0 saturated carbocycles. The summed E-state index contributed by atoms with van der Waals surface area (Å²) in [6.07, 6.45) is -2.37. The molecular weight excluding hydrogens is 514 g/mol. The number of hydrogen-bond donors (Lipinski definition) is 5. The third-order valence-electron chi connectivity index (χ3n) is 5.53. The molecule has 10 nitrogen and oxygen atoms in total.